The Hall–Kier alpha value is -1.42. The molecular weight excluding hydrogens is 257 g/mol. The van der Waals surface area contributed by atoms with Gasteiger partial charge in [-0.1, -0.05) is 30.0 Å². The van der Waals surface area contributed by atoms with E-state index in [0.29, 0.717) is 5.56 Å². The number of fused-ring (bicyclic) bond motifs is 2. The van der Waals surface area contributed by atoms with Crippen LogP contribution in [0.15, 0.2) is 52.3 Å². The quantitative estimate of drug-likeness (QED) is 0.569. The van der Waals surface area contributed by atoms with E-state index in [9.17, 15) is 13.2 Å². The Bertz CT molecular complexity index is 602. The zero-order valence-corrected chi connectivity index (χ0v) is 9.90. The molecule has 1 aliphatic heterocycles. The normalized spacial score (nSPS) is 13.9. The molecule has 18 heavy (non-hydrogen) atoms. The Morgan fingerprint density at radius 3 is 2.39 bits per heavy atom. The molecule has 0 bridgehead atoms. The van der Waals surface area contributed by atoms with Crippen LogP contribution in [0.1, 0.15) is 16.7 Å². The zero-order valence-electron chi connectivity index (χ0n) is 9.08. The fourth-order valence-corrected chi connectivity index (χ4v) is 2.78. The summed E-state index contributed by atoms with van der Waals surface area (Å²) in [6.45, 7) is 0. The number of halogens is 3. The van der Waals surface area contributed by atoms with Crippen LogP contribution in [0.4, 0.5) is 13.2 Å². The van der Waals surface area contributed by atoms with Crippen molar-refractivity contribution in [2.45, 2.75) is 16.0 Å². The number of hydrogen-bond acceptors (Lipinski definition) is 1. The summed E-state index contributed by atoms with van der Waals surface area (Å²) in [6, 6.07) is 11.3. The lowest BCUT2D eigenvalue weighted by molar-refractivity contribution is -0.137. The summed E-state index contributed by atoms with van der Waals surface area (Å²) in [5.74, 6) is 0. The van der Waals surface area contributed by atoms with Crippen molar-refractivity contribution in [1.29, 1.82) is 0 Å². The minimum Gasteiger partial charge on any atom is -0.166 e. The van der Waals surface area contributed by atoms with Crippen LogP contribution in [0, 0.1) is 6.42 Å². The van der Waals surface area contributed by atoms with Crippen LogP contribution < -0.4 is 0 Å². The van der Waals surface area contributed by atoms with E-state index in [1.54, 1.807) is 0 Å². The summed E-state index contributed by atoms with van der Waals surface area (Å²) in [6.07, 6.45) is -1.28. The van der Waals surface area contributed by atoms with Gasteiger partial charge in [0.1, 0.15) is 0 Å². The standard InChI is InChI=1S/C14H7F3S/c15-14(16,17)11-5-6-13-10(8-11)7-9-3-1-2-4-12(9)18-13/h1-6,8H. The highest BCUT2D eigenvalue weighted by Gasteiger charge is 2.31. The molecule has 0 aromatic heterocycles. The Balaban J connectivity index is 2.04. The van der Waals surface area contributed by atoms with E-state index in [1.807, 2.05) is 24.3 Å². The van der Waals surface area contributed by atoms with Gasteiger partial charge < -0.3 is 0 Å². The average molecular weight is 264 g/mol. The van der Waals surface area contributed by atoms with Crippen molar-refractivity contribution in [3.8, 4) is 0 Å². The summed E-state index contributed by atoms with van der Waals surface area (Å²) >= 11 is 1.47. The van der Waals surface area contributed by atoms with Crippen molar-refractivity contribution in [3.05, 3.63) is 65.6 Å². The highest BCUT2D eigenvalue weighted by atomic mass is 32.2. The molecule has 2 radical (unpaired) electrons. The van der Waals surface area contributed by atoms with Gasteiger partial charge in [-0.15, -0.1) is 0 Å². The maximum Gasteiger partial charge on any atom is 0.416 e. The maximum absolute atomic E-state index is 12.6. The molecule has 0 saturated heterocycles. The summed E-state index contributed by atoms with van der Waals surface area (Å²) in [4.78, 5) is 1.83. The smallest absolute Gasteiger partial charge is 0.166 e. The topological polar surface area (TPSA) is 0 Å². The predicted octanol–water partition coefficient (Wildman–Crippen LogP) is 4.65. The van der Waals surface area contributed by atoms with Gasteiger partial charge in [-0.05, 0) is 35.4 Å². The molecule has 3 rings (SSSR count). The Morgan fingerprint density at radius 1 is 0.889 bits per heavy atom. The third-order valence-corrected chi connectivity index (χ3v) is 3.84. The molecule has 1 heterocycles. The van der Waals surface area contributed by atoms with E-state index < -0.39 is 11.7 Å². The molecule has 4 heteroatoms. The highest BCUT2D eigenvalue weighted by molar-refractivity contribution is 7.99. The molecule has 0 unspecified atom stereocenters. The molecule has 0 amide bonds. The fourth-order valence-electron chi connectivity index (χ4n) is 1.82. The molecule has 2 aromatic rings. The average Bonchev–Trinajstić information content (AvgIpc) is 2.34. The summed E-state index contributed by atoms with van der Waals surface area (Å²) in [5, 5.41) is 0. The van der Waals surface area contributed by atoms with E-state index >= 15 is 0 Å². The molecule has 0 N–H and O–H groups in total. The molecule has 0 nitrogen and oxygen atoms in total. The van der Waals surface area contributed by atoms with Gasteiger partial charge in [0.2, 0.25) is 0 Å². The lowest BCUT2D eigenvalue weighted by Crippen LogP contribution is -2.07. The Labute approximate surface area is 107 Å². The summed E-state index contributed by atoms with van der Waals surface area (Å²) < 4.78 is 37.9. The van der Waals surface area contributed by atoms with E-state index in [2.05, 4.69) is 6.42 Å². The van der Waals surface area contributed by atoms with Gasteiger partial charge in [-0.3, -0.25) is 0 Å². The monoisotopic (exact) mass is 264 g/mol. The minimum atomic E-state index is -4.31. The first-order chi connectivity index (χ1) is 8.54. The summed E-state index contributed by atoms with van der Waals surface area (Å²) in [5.41, 5.74) is 0.719. The zero-order chi connectivity index (χ0) is 12.8. The maximum atomic E-state index is 12.6. The van der Waals surface area contributed by atoms with Gasteiger partial charge in [0.05, 0.1) is 12.0 Å². The molecule has 1 aliphatic rings. The molecule has 0 saturated carbocycles. The second-order valence-corrected chi connectivity index (χ2v) is 5.02. The third-order valence-electron chi connectivity index (χ3n) is 2.68. The largest absolute Gasteiger partial charge is 0.416 e. The highest BCUT2D eigenvalue weighted by Crippen LogP contribution is 2.42. The summed E-state index contributed by atoms with van der Waals surface area (Å²) in [7, 11) is 0. The SMILES string of the molecule is FC(F)(F)c1ccc2c(c1)[C]c1ccccc1S2. The minimum absolute atomic E-state index is 0.508. The molecule has 0 aliphatic carbocycles. The Kier molecular flexibility index (Phi) is 2.63. The lowest BCUT2D eigenvalue weighted by Gasteiger charge is -2.19. The number of benzene rings is 2. The van der Waals surface area contributed by atoms with Crippen molar-refractivity contribution in [1.82, 2.24) is 0 Å². The van der Waals surface area contributed by atoms with Gasteiger partial charge in [0, 0.05) is 9.79 Å². The molecule has 0 fully saturated rings. The van der Waals surface area contributed by atoms with Crippen LogP contribution in [0.3, 0.4) is 0 Å². The van der Waals surface area contributed by atoms with Gasteiger partial charge in [0.15, 0.2) is 0 Å². The molecule has 90 valence electrons. The first kappa shape index (κ1) is 11.7. The molecule has 0 spiro atoms. The molecular formula is C14H7F3S. The van der Waals surface area contributed by atoms with Crippen LogP contribution in [-0.4, -0.2) is 0 Å². The second kappa shape index (κ2) is 4.05. The van der Waals surface area contributed by atoms with Crippen molar-refractivity contribution >= 4 is 11.8 Å². The Morgan fingerprint density at radius 2 is 1.61 bits per heavy atom. The first-order valence-electron chi connectivity index (χ1n) is 5.29. The van der Waals surface area contributed by atoms with Gasteiger partial charge in [-0.2, -0.15) is 13.2 Å². The van der Waals surface area contributed by atoms with Crippen molar-refractivity contribution < 1.29 is 13.2 Å². The van der Waals surface area contributed by atoms with Crippen LogP contribution in [-0.2, 0) is 6.18 Å². The fraction of sp³-hybridized carbons (Fsp3) is 0.0714. The second-order valence-electron chi connectivity index (χ2n) is 3.93. The number of hydrogen-bond donors (Lipinski definition) is 0. The predicted molar refractivity (Wildman–Crippen MR) is 63.5 cm³/mol. The van der Waals surface area contributed by atoms with Crippen LogP contribution >= 0.6 is 11.8 Å². The van der Waals surface area contributed by atoms with Crippen molar-refractivity contribution in [2.75, 3.05) is 0 Å². The number of alkyl halides is 3. The van der Waals surface area contributed by atoms with Crippen molar-refractivity contribution in [2.24, 2.45) is 0 Å². The lowest BCUT2D eigenvalue weighted by atomic mass is 10.0. The van der Waals surface area contributed by atoms with Crippen LogP contribution in [0.2, 0.25) is 0 Å². The molecule has 2 aromatic carbocycles. The van der Waals surface area contributed by atoms with Gasteiger partial charge in [-0.25, -0.2) is 0 Å². The van der Waals surface area contributed by atoms with Crippen LogP contribution in [0.5, 0.6) is 0 Å². The van der Waals surface area contributed by atoms with E-state index in [0.717, 1.165) is 27.5 Å². The van der Waals surface area contributed by atoms with Crippen molar-refractivity contribution in [3.63, 3.8) is 0 Å². The van der Waals surface area contributed by atoms with Crippen LogP contribution in [0.25, 0.3) is 0 Å². The van der Waals surface area contributed by atoms with E-state index in [4.69, 9.17) is 0 Å². The van der Waals surface area contributed by atoms with Gasteiger partial charge >= 0.3 is 6.18 Å². The number of rotatable bonds is 0. The van der Waals surface area contributed by atoms with Gasteiger partial charge in [0.25, 0.3) is 0 Å². The third kappa shape index (κ3) is 2.01. The van der Waals surface area contributed by atoms with E-state index in [-0.39, 0.29) is 0 Å². The first-order valence-corrected chi connectivity index (χ1v) is 6.11. The molecule has 0 atom stereocenters. The van der Waals surface area contributed by atoms with E-state index in [1.165, 1.54) is 17.8 Å².